The molecule has 3 rings (SSSR count). The maximum absolute atomic E-state index is 12.8. The zero-order valence-electron chi connectivity index (χ0n) is 13.0. The van der Waals surface area contributed by atoms with E-state index in [0.717, 1.165) is 5.56 Å². The van der Waals surface area contributed by atoms with Crippen LogP contribution in [0.15, 0.2) is 48.5 Å². The number of fused-ring (bicyclic) bond motifs is 1. The summed E-state index contributed by atoms with van der Waals surface area (Å²) in [4.78, 5) is 25.0. The minimum Gasteiger partial charge on any atom is -0.481 e. The fraction of sp³-hybridized carbons (Fsp3) is 0.111. The SMILES string of the molecule is CN1C(=O)COc2cc(NC(=O)/C=C/c3ccc(F)cc3)ccc21. The molecule has 0 fully saturated rings. The Morgan fingerprint density at radius 3 is 2.75 bits per heavy atom. The number of halogens is 1. The van der Waals surface area contributed by atoms with E-state index >= 15 is 0 Å². The average Bonchev–Trinajstić information content (AvgIpc) is 2.58. The van der Waals surface area contributed by atoms with Gasteiger partial charge >= 0.3 is 0 Å². The first kappa shape index (κ1) is 15.7. The molecule has 1 aliphatic rings. The van der Waals surface area contributed by atoms with Crippen LogP contribution >= 0.6 is 0 Å². The van der Waals surface area contributed by atoms with Gasteiger partial charge in [-0.15, -0.1) is 0 Å². The van der Waals surface area contributed by atoms with Gasteiger partial charge in [-0.2, -0.15) is 0 Å². The van der Waals surface area contributed by atoms with Crippen molar-refractivity contribution < 1.29 is 18.7 Å². The van der Waals surface area contributed by atoms with Crippen LogP contribution in [0.1, 0.15) is 5.56 Å². The molecule has 0 radical (unpaired) electrons. The number of carbonyl (C=O) groups excluding carboxylic acids is 2. The Bertz CT molecular complexity index is 816. The fourth-order valence-electron chi connectivity index (χ4n) is 2.28. The Balaban J connectivity index is 1.69. The minimum atomic E-state index is -0.325. The number of nitrogens with zero attached hydrogens (tertiary/aromatic N) is 1. The monoisotopic (exact) mass is 326 g/mol. The van der Waals surface area contributed by atoms with Crippen molar-refractivity contribution in [1.82, 2.24) is 0 Å². The number of nitrogens with one attached hydrogen (secondary N) is 1. The average molecular weight is 326 g/mol. The van der Waals surface area contributed by atoms with E-state index in [1.54, 1.807) is 43.5 Å². The summed E-state index contributed by atoms with van der Waals surface area (Å²) in [5.41, 5.74) is 1.94. The lowest BCUT2D eigenvalue weighted by Gasteiger charge is -2.26. The maximum Gasteiger partial charge on any atom is 0.264 e. The summed E-state index contributed by atoms with van der Waals surface area (Å²) in [7, 11) is 1.67. The smallest absolute Gasteiger partial charge is 0.264 e. The first-order valence-corrected chi connectivity index (χ1v) is 7.31. The molecular weight excluding hydrogens is 311 g/mol. The van der Waals surface area contributed by atoms with Gasteiger partial charge in [0.15, 0.2) is 6.61 Å². The van der Waals surface area contributed by atoms with Gasteiger partial charge in [-0.1, -0.05) is 12.1 Å². The largest absolute Gasteiger partial charge is 0.481 e. The number of hydrogen-bond acceptors (Lipinski definition) is 3. The van der Waals surface area contributed by atoms with Gasteiger partial charge in [0.25, 0.3) is 5.91 Å². The van der Waals surface area contributed by atoms with Crippen molar-refractivity contribution in [2.75, 3.05) is 23.9 Å². The molecule has 6 heteroatoms. The highest BCUT2D eigenvalue weighted by molar-refractivity contribution is 6.03. The second-order valence-corrected chi connectivity index (χ2v) is 5.30. The van der Waals surface area contributed by atoms with Gasteiger partial charge in [0.2, 0.25) is 5.91 Å². The summed E-state index contributed by atoms with van der Waals surface area (Å²) >= 11 is 0. The molecule has 2 aromatic rings. The fourth-order valence-corrected chi connectivity index (χ4v) is 2.28. The molecule has 122 valence electrons. The van der Waals surface area contributed by atoms with Crippen LogP contribution in [0.4, 0.5) is 15.8 Å². The van der Waals surface area contributed by atoms with E-state index in [4.69, 9.17) is 4.74 Å². The molecular formula is C18H15FN2O3. The van der Waals surface area contributed by atoms with Crippen LogP contribution in [-0.2, 0) is 9.59 Å². The first-order valence-electron chi connectivity index (χ1n) is 7.31. The number of rotatable bonds is 3. The number of likely N-dealkylation sites (N-methyl/N-ethyl adjacent to an activating group) is 1. The van der Waals surface area contributed by atoms with Crippen molar-refractivity contribution in [3.05, 3.63) is 59.9 Å². The van der Waals surface area contributed by atoms with E-state index in [9.17, 15) is 14.0 Å². The van der Waals surface area contributed by atoms with E-state index in [2.05, 4.69) is 5.32 Å². The minimum absolute atomic E-state index is 0.0225. The standard InChI is InChI=1S/C18H15FN2O3/c1-21-15-8-7-14(10-16(15)24-11-18(21)23)20-17(22)9-4-12-2-5-13(19)6-3-12/h2-10H,11H2,1H3,(H,20,22)/b9-4+. The van der Waals surface area contributed by atoms with Crippen molar-refractivity contribution in [1.29, 1.82) is 0 Å². The molecule has 0 saturated carbocycles. The highest BCUT2D eigenvalue weighted by atomic mass is 19.1. The Kier molecular flexibility index (Phi) is 4.29. The number of ether oxygens (including phenoxy) is 1. The highest BCUT2D eigenvalue weighted by Gasteiger charge is 2.22. The van der Waals surface area contributed by atoms with E-state index < -0.39 is 0 Å². The highest BCUT2D eigenvalue weighted by Crippen LogP contribution is 2.33. The summed E-state index contributed by atoms with van der Waals surface area (Å²) in [6.45, 7) is -0.0225. The van der Waals surface area contributed by atoms with Crippen molar-refractivity contribution in [2.24, 2.45) is 0 Å². The second-order valence-electron chi connectivity index (χ2n) is 5.30. The second kappa shape index (κ2) is 6.54. The van der Waals surface area contributed by atoms with Gasteiger partial charge in [0.05, 0.1) is 5.69 Å². The van der Waals surface area contributed by atoms with Crippen LogP contribution in [0.3, 0.4) is 0 Å². The van der Waals surface area contributed by atoms with Gasteiger partial charge in [-0.25, -0.2) is 4.39 Å². The quantitative estimate of drug-likeness (QED) is 0.883. The lowest BCUT2D eigenvalue weighted by molar-refractivity contribution is -0.121. The Labute approximate surface area is 138 Å². The third kappa shape index (κ3) is 3.43. The van der Waals surface area contributed by atoms with Gasteiger partial charge in [0.1, 0.15) is 11.6 Å². The molecule has 5 nitrogen and oxygen atoms in total. The van der Waals surface area contributed by atoms with Gasteiger partial charge in [-0.3, -0.25) is 9.59 Å². The van der Waals surface area contributed by atoms with E-state index in [1.165, 1.54) is 23.1 Å². The molecule has 0 bridgehead atoms. The molecule has 0 aliphatic carbocycles. The van der Waals surface area contributed by atoms with Crippen molar-refractivity contribution in [3.8, 4) is 5.75 Å². The van der Waals surface area contributed by atoms with E-state index in [-0.39, 0.29) is 24.2 Å². The molecule has 0 atom stereocenters. The number of anilines is 2. The summed E-state index contributed by atoms with van der Waals surface area (Å²) in [6, 6.07) is 10.9. The first-order chi connectivity index (χ1) is 11.5. The third-order valence-electron chi connectivity index (χ3n) is 3.61. The molecule has 0 aromatic heterocycles. The van der Waals surface area contributed by atoms with Gasteiger partial charge in [-0.05, 0) is 35.9 Å². The maximum atomic E-state index is 12.8. The van der Waals surface area contributed by atoms with Crippen LogP contribution in [0, 0.1) is 5.82 Å². The van der Waals surface area contributed by atoms with Crippen LogP contribution in [0.25, 0.3) is 6.08 Å². The van der Waals surface area contributed by atoms with Gasteiger partial charge in [0, 0.05) is 24.9 Å². The molecule has 0 unspecified atom stereocenters. The summed E-state index contributed by atoms with van der Waals surface area (Å²) < 4.78 is 18.2. The zero-order chi connectivity index (χ0) is 17.1. The Hall–Kier alpha value is -3.15. The molecule has 24 heavy (non-hydrogen) atoms. The predicted molar refractivity (Wildman–Crippen MR) is 89.4 cm³/mol. The Morgan fingerprint density at radius 1 is 1.25 bits per heavy atom. The predicted octanol–water partition coefficient (Wildman–Crippen LogP) is 2.83. The molecule has 0 spiro atoms. The van der Waals surface area contributed by atoms with Crippen molar-refractivity contribution in [2.45, 2.75) is 0 Å². The molecule has 1 N–H and O–H groups in total. The van der Waals surface area contributed by atoms with Crippen molar-refractivity contribution in [3.63, 3.8) is 0 Å². The van der Waals surface area contributed by atoms with Crippen LogP contribution in [0.2, 0.25) is 0 Å². The number of hydrogen-bond donors (Lipinski definition) is 1. The lowest BCUT2D eigenvalue weighted by atomic mass is 10.2. The number of carbonyl (C=O) groups is 2. The molecule has 1 aliphatic heterocycles. The van der Waals surface area contributed by atoms with Crippen LogP contribution in [-0.4, -0.2) is 25.5 Å². The molecule has 1 heterocycles. The number of amides is 2. The van der Waals surface area contributed by atoms with E-state index in [0.29, 0.717) is 17.1 Å². The topological polar surface area (TPSA) is 58.6 Å². The van der Waals surface area contributed by atoms with E-state index in [1.807, 2.05) is 0 Å². The summed E-state index contributed by atoms with van der Waals surface area (Å²) in [6.07, 6.45) is 2.96. The Morgan fingerprint density at radius 2 is 2.00 bits per heavy atom. The third-order valence-corrected chi connectivity index (χ3v) is 3.61. The van der Waals surface area contributed by atoms with Crippen molar-refractivity contribution >= 4 is 29.3 Å². The number of benzene rings is 2. The summed E-state index contributed by atoms with van der Waals surface area (Å²) in [5.74, 6) is -0.229. The molecule has 0 saturated heterocycles. The summed E-state index contributed by atoms with van der Waals surface area (Å²) in [5, 5.41) is 2.72. The van der Waals surface area contributed by atoms with Crippen LogP contribution < -0.4 is 15.0 Å². The zero-order valence-corrected chi connectivity index (χ0v) is 13.0. The molecule has 2 aromatic carbocycles. The van der Waals surface area contributed by atoms with Crippen LogP contribution in [0.5, 0.6) is 5.75 Å². The van der Waals surface area contributed by atoms with Gasteiger partial charge < -0.3 is 15.0 Å². The lowest BCUT2D eigenvalue weighted by Crippen LogP contribution is -2.35. The molecule has 2 amide bonds. The normalized spacial score (nSPS) is 13.6.